The SMILES string of the molecule is Cc1[nH]c2ccccc2c1C=NNC(=O)c1ccco1. The minimum Gasteiger partial charge on any atom is -0.459 e. The van der Waals surface area contributed by atoms with Gasteiger partial charge in [-0.25, -0.2) is 5.43 Å². The number of hydrogen-bond donors (Lipinski definition) is 2. The molecule has 0 saturated heterocycles. The van der Waals surface area contributed by atoms with E-state index in [9.17, 15) is 4.79 Å². The van der Waals surface area contributed by atoms with Crippen molar-refractivity contribution in [3.8, 4) is 0 Å². The molecular weight excluding hydrogens is 254 g/mol. The minimum atomic E-state index is -0.372. The number of amides is 1. The lowest BCUT2D eigenvalue weighted by molar-refractivity contribution is 0.0927. The van der Waals surface area contributed by atoms with Gasteiger partial charge in [0, 0.05) is 22.2 Å². The van der Waals surface area contributed by atoms with Crippen LogP contribution in [0.4, 0.5) is 0 Å². The Labute approximate surface area is 115 Å². The molecule has 0 fully saturated rings. The molecule has 0 saturated carbocycles. The zero-order valence-corrected chi connectivity index (χ0v) is 10.9. The Bertz CT molecular complexity index is 770. The largest absolute Gasteiger partial charge is 0.459 e. The number of para-hydroxylation sites is 1. The highest BCUT2D eigenvalue weighted by atomic mass is 16.3. The van der Waals surface area contributed by atoms with Gasteiger partial charge in [0.2, 0.25) is 0 Å². The van der Waals surface area contributed by atoms with Crippen molar-refractivity contribution in [3.05, 3.63) is 59.7 Å². The molecule has 0 atom stereocenters. The molecule has 0 unspecified atom stereocenters. The number of carbonyl (C=O) groups excluding carboxylic acids is 1. The fourth-order valence-corrected chi connectivity index (χ4v) is 2.08. The maximum atomic E-state index is 11.7. The van der Waals surface area contributed by atoms with Gasteiger partial charge in [0.05, 0.1) is 12.5 Å². The molecule has 5 nitrogen and oxygen atoms in total. The number of rotatable bonds is 3. The van der Waals surface area contributed by atoms with Crippen LogP contribution in [0.2, 0.25) is 0 Å². The summed E-state index contributed by atoms with van der Waals surface area (Å²) in [5, 5.41) is 5.05. The molecule has 3 rings (SSSR count). The number of carbonyl (C=O) groups is 1. The van der Waals surface area contributed by atoms with Crippen LogP contribution in [-0.4, -0.2) is 17.1 Å². The molecule has 2 aromatic heterocycles. The summed E-state index contributed by atoms with van der Waals surface area (Å²) in [5.74, 6) is -0.137. The maximum Gasteiger partial charge on any atom is 0.307 e. The van der Waals surface area contributed by atoms with Crippen LogP contribution in [0.3, 0.4) is 0 Å². The highest BCUT2D eigenvalue weighted by molar-refractivity contribution is 6.01. The van der Waals surface area contributed by atoms with E-state index in [0.29, 0.717) is 0 Å². The average Bonchev–Trinajstić information content (AvgIpc) is 3.07. The summed E-state index contributed by atoms with van der Waals surface area (Å²) < 4.78 is 4.98. The van der Waals surface area contributed by atoms with E-state index in [-0.39, 0.29) is 11.7 Å². The molecule has 0 aliphatic rings. The van der Waals surface area contributed by atoms with E-state index in [2.05, 4.69) is 15.5 Å². The first-order valence-corrected chi connectivity index (χ1v) is 6.20. The molecule has 0 radical (unpaired) electrons. The van der Waals surface area contributed by atoms with Gasteiger partial charge in [0.1, 0.15) is 0 Å². The maximum absolute atomic E-state index is 11.7. The van der Waals surface area contributed by atoms with Crippen LogP contribution >= 0.6 is 0 Å². The van der Waals surface area contributed by atoms with Gasteiger partial charge >= 0.3 is 5.91 Å². The molecular formula is C15H13N3O2. The van der Waals surface area contributed by atoms with Crippen molar-refractivity contribution in [2.24, 2.45) is 5.10 Å². The Balaban J connectivity index is 1.81. The Hall–Kier alpha value is -2.82. The second-order valence-electron chi connectivity index (χ2n) is 4.39. The van der Waals surface area contributed by atoms with Crippen LogP contribution in [0, 0.1) is 6.92 Å². The highest BCUT2D eigenvalue weighted by Gasteiger charge is 2.07. The second kappa shape index (κ2) is 5.05. The summed E-state index contributed by atoms with van der Waals surface area (Å²) in [6, 6.07) is 11.2. The lowest BCUT2D eigenvalue weighted by Crippen LogP contribution is -2.16. The van der Waals surface area contributed by atoms with Gasteiger partial charge in [0.15, 0.2) is 5.76 Å². The number of nitrogens with one attached hydrogen (secondary N) is 2. The van der Waals surface area contributed by atoms with Crippen molar-refractivity contribution in [2.45, 2.75) is 6.92 Å². The molecule has 3 aromatic rings. The van der Waals surface area contributed by atoms with Crippen molar-refractivity contribution in [2.75, 3.05) is 0 Å². The first kappa shape index (κ1) is 12.2. The van der Waals surface area contributed by atoms with E-state index in [0.717, 1.165) is 22.2 Å². The van der Waals surface area contributed by atoms with E-state index >= 15 is 0 Å². The number of aryl methyl sites for hydroxylation is 1. The molecule has 1 amide bonds. The lowest BCUT2D eigenvalue weighted by atomic mass is 10.1. The highest BCUT2D eigenvalue weighted by Crippen LogP contribution is 2.19. The number of nitrogens with zero attached hydrogens (tertiary/aromatic N) is 1. The Morgan fingerprint density at radius 3 is 2.95 bits per heavy atom. The molecule has 2 heterocycles. The summed E-state index contributed by atoms with van der Waals surface area (Å²) in [6.07, 6.45) is 3.08. The number of hydrogen-bond acceptors (Lipinski definition) is 3. The Kier molecular flexibility index (Phi) is 3.09. The molecule has 1 aromatic carbocycles. The van der Waals surface area contributed by atoms with E-state index in [1.165, 1.54) is 6.26 Å². The number of aromatic nitrogens is 1. The predicted octanol–water partition coefficient (Wildman–Crippen LogP) is 2.83. The number of hydrazone groups is 1. The quantitative estimate of drug-likeness (QED) is 0.566. The average molecular weight is 267 g/mol. The van der Waals surface area contributed by atoms with Crippen LogP contribution < -0.4 is 5.43 Å². The topological polar surface area (TPSA) is 70.4 Å². The van der Waals surface area contributed by atoms with Gasteiger partial charge in [-0.15, -0.1) is 0 Å². The molecule has 100 valence electrons. The number of H-pyrrole nitrogens is 1. The van der Waals surface area contributed by atoms with Crippen molar-refractivity contribution < 1.29 is 9.21 Å². The lowest BCUT2D eigenvalue weighted by Gasteiger charge is -1.96. The smallest absolute Gasteiger partial charge is 0.307 e. The summed E-state index contributed by atoms with van der Waals surface area (Å²) in [7, 11) is 0. The summed E-state index contributed by atoms with van der Waals surface area (Å²) in [4.78, 5) is 14.9. The predicted molar refractivity (Wildman–Crippen MR) is 76.8 cm³/mol. The van der Waals surface area contributed by atoms with Gasteiger partial charge in [-0.3, -0.25) is 4.79 Å². The normalized spacial score (nSPS) is 11.2. The standard InChI is InChI=1S/C15H13N3O2/c1-10-12(11-5-2-3-6-13(11)17-10)9-16-18-15(19)14-7-4-8-20-14/h2-9,17H,1H3,(H,18,19). The third kappa shape index (κ3) is 2.21. The van der Waals surface area contributed by atoms with E-state index in [4.69, 9.17) is 4.42 Å². The van der Waals surface area contributed by atoms with Crippen molar-refractivity contribution >= 4 is 23.0 Å². The zero-order chi connectivity index (χ0) is 13.9. The van der Waals surface area contributed by atoms with Crippen molar-refractivity contribution in [1.29, 1.82) is 0 Å². The molecule has 5 heteroatoms. The third-order valence-electron chi connectivity index (χ3n) is 3.05. The summed E-state index contributed by atoms with van der Waals surface area (Å²) in [5.41, 5.74) is 5.44. The van der Waals surface area contributed by atoms with E-state index < -0.39 is 0 Å². The van der Waals surface area contributed by atoms with Crippen LogP contribution in [-0.2, 0) is 0 Å². The molecule has 0 aliphatic heterocycles. The monoisotopic (exact) mass is 267 g/mol. The van der Waals surface area contributed by atoms with Crippen LogP contribution in [0.5, 0.6) is 0 Å². The van der Waals surface area contributed by atoms with Gasteiger partial charge < -0.3 is 9.40 Å². The number of fused-ring (bicyclic) bond motifs is 1. The molecule has 0 spiro atoms. The third-order valence-corrected chi connectivity index (χ3v) is 3.05. The van der Waals surface area contributed by atoms with E-state index in [1.807, 2.05) is 31.2 Å². The Morgan fingerprint density at radius 1 is 1.30 bits per heavy atom. The van der Waals surface area contributed by atoms with Gasteiger partial charge in [-0.2, -0.15) is 5.10 Å². The number of aromatic amines is 1. The number of benzene rings is 1. The van der Waals surface area contributed by atoms with Crippen LogP contribution in [0.15, 0.2) is 52.2 Å². The fourth-order valence-electron chi connectivity index (χ4n) is 2.08. The van der Waals surface area contributed by atoms with Crippen molar-refractivity contribution in [3.63, 3.8) is 0 Å². The second-order valence-corrected chi connectivity index (χ2v) is 4.39. The van der Waals surface area contributed by atoms with Crippen molar-refractivity contribution in [1.82, 2.24) is 10.4 Å². The molecule has 0 bridgehead atoms. The first-order chi connectivity index (χ1) is 9.75. The van der Waals surface area contributed by atoms with Gasteiger partial charge in [0.25, 0.3) is 0 Å². The van der Waals surface area contributed by atoms with Gasteiger partial charge in [-0.05, 0) is 25.1 Å². The van der Waals surface area contributed by atoms with Crippen LogP contribution in [0.1, 0.15) is 21.8 Å². The summed E-state index contributed by atoms with van der Waals surface area (Å²) in [6.45, 7) is 1.97. The molecule has 0 aliphatic carbocycles. The molecule has 2 N–H and O–H groups in total. The molecule has 20 heavy (non-hydrogen) atoms. The zero-order valence-electron chi connectivity index (χ0n) is 10.9. The van der Waals surface area contributed by atoms with Crippen LogP contribution in [0.25, 0.3) is 10.9 Å². The number of furan rings is 1. The minimum absolute atomic E-state index is 0.234. The Morgan fingerprint density at radius 2 is 2.15 bits per heavy atom. The first-order valence-electron chi connectivity index (χ1n) is 6.20. The van der Waals surface area contributed by atoms with Gasteiger partial charge in [-0.1, -0.05) is 18.2 Å². The fraction of sp³-hybridized carbons (Fsp3) is 0.0667. The summed E-state index contributed by atoms with van der Waals surface area (Å²) >= 11 is 0. The van der Waals surface area contributed by atoms with E-state index in [1.54, 1.807) is 18.3 Å².